The van der Waals surface area contributed by atoms with E-state index in [0.717, 1.165) is 43.8 Å². The molecule has 138 valence electrons. The normalized spacial score (nSPS) is 11.8. The van der Waals surface area contributed by atoms with Gasteiger partial charge in [0.25, 0.3) is 0 Å². The molecule has 0 fully saturated rings. The molecule has 0 amide bonds. The van der Waals surface area contributed by atoms with Gasteiger partial charge in [-0.15, -0.1) is 0 Å². The Bertz CT molecular complexity index is 1530. The Balaban J connectivity index is 1.84. The summed E-state index contributed by atoms with van der Waals surface area (Å²) >= 11 is 0. The van der Waals surface area contributed by atoms with Crippen LogP contribution >= 0.6 is 0 Å². The predicted octanol–water partition coefficient (Wildman–Crippen LogP) is 4.36. The van der Waals surface area contributed by atoms with Crippen molar-refractivity contribution in [3.63, 3.8) is 0 Å². The van der Waals surface area contributed by atoms with Gasteiger partial charge in [0.1, 0.15) is 11.2 Å². The topological polar surface area (TPSA) is 58.5 Å². The minimum Gasteiger partial charge on any atom is -0.456 e. The van der Waals surface area contributed by atoms with Crippen LogP contribution in [0.4, 0.5) is 0 Å². The lowest BCUT2D eigenvalue weighted by atomic mass is 9.79. The zero-order valence-corrected chi connectivity index (χ0v) is 15.4. The highest BCUT2D eigenvalue weighted by atomic mass is 16.4. The zero-order valence-electron chi connectivity index (χ0n) is 15.4. The summed E-state index contributed by atoms with van der Waals surface area (Å²) in [7, 11) is -1.58. The van der Waals surface area contributed by atoms with Crippen LogP contribution < -0.4 is 5.46 Å². The maximum absolute atomic E-state index is 9.78. The average molecular weight is 377 g/mol. The standard InChI is InChI=1S/C24H16BNO3/c27-25(28)19-11-6-10-16-17-13-14-21-22(24(17)29-23(16)19)18-9-4-5-12-20(18)26(21)15-7-2-1-3-8-15/h1-14,27-28H. The molecule has 6 rings (SSSR count). The van der Waals surface area contributed by atoms with Crippen LogP contribution in [0.2, 0.25) is 0 Å². The first-order valence-corrected chi connectivity index (χ1v) is 9.53. The van der Waals surface area contributed by atoms with Crippen LogP contribution in [0.1, 0.15) is 0 Å². The summed E-state index contributed by atoms with van der Waals surface area (Å²) in [4.78, 5) is 0. The fourth-order valence-electron chi connectivity index (χ4n) is 4.39. The molecular formula is C24H16BNO3. The number of fused-ring (bicyclic) bond motifs is 7. The molecule has 29 heavy (non-hydrogen) atoms. The Labute approximate surface area is 166 Å². The van der Waals surface area contributed by atoms with Crippen molar-refractivity contribution in [3.8, 4) is 5.69 Å². The first-order chi connectivity index (χ1) is 14.2. The maximum Gasteiger partial charge on any atom is 0.492 e. The molecule has 0 atom stereocenters. The summed E-state index contributed by atoms with van der Waals surface area (Å²) in [5.41, 5.74) is 4.89. The van der Waals surface area contributed by atoms with Crippen molar-refractivity contribution in [2.45, 2.75) is 0 Å². The monoisotopic (exact) mass is 377 g/mol. The van der Waals surface area contributed by atoms with Gasteiger partial charge in [-0.05, 0) is 30.3 Å². The number of hydrogen-bond acceptors (Lipinski definition) is 3. The fourth-order valence-corrected chi connectivity index (χ4v) is 4.39. The molecule has 0 unspecified atom stereocenters. The van der Waals surface area contributed by atoms with E-state index in [0.29, 0.717) is 11.0 Å². The van der Waals surface area contributed by atoms with Gasteiger partial charge in [-0.25, -0.2) is 0 Å². The Kier molecular flexibility index (Phi) is 3.39. The molecule has 0 saturated carbocycles. The number of furan rings is 1. The van der Waals surface area contributed by atoms with Gasteiger partial charge in [-0.1, -0.05) is 54.6 Å². The smallest absolute Gasteiger partial charge is 0.456 e. The number of aromatic nitrogens is 1. The van der Waals surface area contributed by atoms with Gasteiger partial charge in [-0.3, -0.25) is 0 Å². The van der Waals surface area contributed by atoms with E-state index in [1.54, 1.807) is 6.07 Å². The molecule has 0 aliphatic carbocycles. The van der Waals surface area contributed by atoms with E-state index in [1.807, 2.05) is 42.5 Å². The van der Waals surface area contributed by atoms with Gasteiger partial charge < -0.3 is 19.0 Å². The Morgan fingerprint density at radius 2 is 1.34 bits per heavy atom. The van der Waals surface area contributed by atoms with Crippen LogP contribution in [0.25, 0.3) is 49.4 Å². The van der Waals surface area contributed by atoms with Crippen molar-refractivity contribution in [2.24, 2.45) is 0 Å². The number of para-hydroxylation sites is 3. The van der Waals surface area contributed by atoms with Crippen molar-refractivity contribution in [2.75, 3.05) is 0 Å². The largest absolute Gasteiger partial charge is 0.492 e. The SMILES string of the molecule is OB(O)c1cccc2c1oc1c2ccc2c1c1ccccc1n2-c1ccccc1. The maximum atomic E-state index is 9.78. The van der Waals surface area contributed by atoms with Crippen LogP contribution in [-0.4, -0.2) is 21.7 Å². The van der Waals surface area contributed by atoms with Crippen molar-refractivity contribution in [1.82, 2.24) is 4.57 Å². The van der Waals surface area contributed by atoms with E-state index in [2.05, 4.69) is 41.0 Å². The second-order valence-corrected chi connectivity index (χ2v) is 7.22. The molecule has 0 radical (unpaired) electrons. The third-order valence-electron chi connectivity index (χ3n) is 5.62. The van der Waals surface area contributed by atoms with Crippen LogP contribution in [0, 0.1) is 0 Å². The zero-order chi connectivity index (χ0) is 19.5. The van der Waals surface area contributed by atoms with Gasteiger partial charge >= 0.3 is 7.12 Å². The lowest BCUT2D eigenvalue weighted by molar-refractivity contribution is 0.425. The Hall–Kier alpha value is -3.54. The van der Waals surface area contributed by atoms with E-state index in [4.69, 9.17) is 4.42 Å². The van der Waals surface area contributed by atoms with E-state index >= 15 is 0 Å². The number of benzene rings is 4. The second-order valence-electron chi connectivity index (χ2n) is 7.22. The van der Waals surface area contributed by atoms with Crippen molar-refractivity contribution in [3.05, 3.63) is 84.9 Å². The first kappa shape index (κ1) is 16.4. The molecule has 5 heteroatoms. The fraction of sp³-hybridized carbons (Fsp3) is 0. The van der Waals surface area contributed by atoms with E-state index < -0.39 is 7.12 Å². The first-order valence-electron chi connectivity index (χ1n) is 9.53. The molecule has 6 aromatic rings. The number of rotatable bonds is 2. The van der Waals surface area contributed by atoms with Gasteiger partial charge in [-0.2, -0.15) is 0 Å². The molecule has 2 heterocycles. The van der Waals surface area contributed by atoms with Crippen LogP contribution in [0.5, 0.6) is 0 Å². The minimum absolute atomic E-state index is 0.374. The highest BCUT2D eigenvalue weighted by Crippen LogP contribution is 2.39. The predicted molar refractivity (Wildman–Crippen MR) is 118 cm³/mol. The third-order valence-corrected chi connectivity index (χ3v) is 5.62. The van der Waals surface area contributed by atoms with Gasteiger partial charge in [0.2, 0.25) is 0 Å². The molecule has 0 saturated heterocycles. The van der Waals surface area contributed by atoms with Gasteiger partial charge in [0, 0.05) is 27.3 Å². The molecular weight excluding hydrogens is 361 g/mol. The van der Waals surface area contributed by atoms with E-state index in [-0.39, 0.29) is 0 Å². The molecule has 0 aliphatic rings. The summed E-state index contributed by atoms with van der Waals surface area (Å²) in [6.07, 6.45) is 0. The van der Waals surface area contributed by atoms with Gasteiger partial charge in [0.05, 0.1) is 16.4 Å². The summed E-state index contributed by atoms with van der Waals surface area (Å²) in [6.45, 7) is 0. The molecule has 4 nitrogen and oxygen atoms in total. The Morgan fingerprint density at radius 3 is 2.17 bits per heavy atom. The molecule has 0 aliphatic heterocycles. The van der Waals surface area contributed by atoms with Crippen molar-refractivity contribution in [1.29, 1.82) is 0 Å². The van der Waals surface area contributed by atoms with E-state index in [1.165, 1.54) is 0 Å². The molecule has 2 aromatic heterocycles. The van der Waals surface area contributed by atoms with Crippen LogP contribution in [0.15, 0.2) is 89.3 Å². The molecule has 0 bridgehead atoms. The molecule has 0 spiro atoms. The summed E-state index contributed by atoms with van der Waals surface area (Å²) in [6, 6.07) is 28.2. The number of hydrogen-bond donors (Lipinski definition) is 2. The summed E-state index contributed by atoms with van der Waals surface area (Å²) < 4.78 is 8.52. The Morgan fingerprint density at radius 1 is 0.621 bits per heavy atom. The highest BCUT2D eigenvalue weighted by Gasteiger charge is 2.22. The van der Waals surface area contributed by atoms with Crippen LogP contribution in [0.3, 0.4) is 0 Å². The van der Waals surface area contributed by atoms with Crippen LogP contribution in [-0.2, 0) is 0 Å². The summed E-state index contributed by atoms with van der Waals surface area (Å²) in [5.74, 6) is 0. The minimum atomic E-state index is -1.58. The van der Waals surface area contributed by atoms with Crippen molar-refractivity contribution >= 4 is 56.3 Å². The lowest BCUT2D eigenvalue weighted by Gasteiger charge is -2.07. The third kappa shape index (κ3) is 2.23. The molecule has 2 N–H and O–H groups in total. The number of nitrogens with zero attached hydrogens (tertiary/aromatic N) is 1. The second kappa shape index (κ2) is 5.98. The summed E-state index contributed by atoms with van der Waals surface area (Å²) in [5, 5.41) is 23.5. The van der Waals surface area contributed by atoms with Gasteiger partial charge in [0.15, 0.2) is 0 Å². The average Bonchev–Trinajstić information content (AvgIpc) is 3.29. The lowest BCUT2D eigenvalue weighted by Crippen LogP contribution is -2.29. The molecule has 4 aromatic carbocycles. The quantitative estimate of drug-likeness (QED) is 0.441. The van der Waals surface area contributed by atoms with E-state index in [9.17, 15) is 10.0 Å². The van der Waals surface area contributed by atoms with Crippen molar-refractivity contribution < 1.29 is 14.5 Å². The highest BCUT2D eigenvalue weighted by molar-refractivity contribution is 6.61.